The van der Waals surface area contributed by atoms with Crippen molar-refractivity contribution in [3.63, 3.8) is 0 Å². The van der Waals surface area contributed by atoms with Gasteiger partial charge in [-0.3, -0.25) is 0 Å². The highest BCUT2D eigenvalue weighted by atomic mass is 35.5. The highest BCUT2D eigenvalue weighted by Gasteiger charge is 2.06. The van der Waals surface area contributed by atoms with Crippen LogP contribution in [-0.4, -0.2) is 25.7 Å². The Hall–Kier alpha value is -1.23. The molecule has 6 heteroatoms. The minimum Gasteiger partial charge on any atom is -0.334 e. The van der Waals surface area contributed by atoms with E-state index < -0.39 is 0 Å². The molecule has 0 aliphatic carbocycles. The van der Waals surface area contributed by atoms with Crippen LogP contribution in [-0.2, 0) is 0 Å². The molecule has 0 bridgehead atoms. The Morgan fingerprint density at radius 1 is 1.26 bits per heavy atom. The second kappa shape index (κ2) is 6.80. The smallest absolute Gasteiger partial charge is 0.319 e. The van der Waals surface area contributed by atoms with Gasteiger partial charge >= 0.3 is 6.03 Å². The molecule has 102 valence electrons. The molecule has 0 fully saturated rings. The Morgan fingerprint density at radius 3 is 2.63 bits per heavy atom. The highest BCUT2D eigenvalue weighted by molar-refractivity contribution is 6.35. The Kier molecular flexibility index (Phi) is 5.07. The monoisotopic (exact) mass is 299 g/mol. The van der Waals surface area contributed by atoms with Crippen LogP contribution in [0.4, 0.5) is 10.5 Å². The van der Waals surface area contributed by atoms with Gasteiger partial charge in [0.2, 0.25) is 0 Å². The molecule has 1 aromatic carbocycles. The van der Waals surface area contributed by atoms with Crippen molar-refractivity contribution in [2.75, 3.05) is 25.0 Å². The lowest BCUT2D eigenvalue weighted by Gasteiger charge is -2.15. The predicted molar refractivity (Wildman–Crippen MR) is 79.1 cm³/mol. The maximum Gasteiger partial charge on any atom is 0.319 e. The van der Waals surface area contributed by atoms with Crippen LogP contribution in [0.3, 0.4) is 0 Å². The average Bonchev–Trinajstić information content (AvgIpc) is 2.36. The summed E-state index contributed by atoms with van der Waals surface area (Å²) < 4.78 is 0. The minimum absolute atomic E-state index is 0.266. The van der Waals surface area contributed by atoms with Crippen LogP contribution >= 0.6 is 23.2 Å². The lowest BCUT2D eigenvalue weighted by Crippen LogP contribution is -2.32. The summed E-state index contributed by atoms with van der Waals surface area (Å²) in [5.74, 6) is 0. The molecular weight excluding hydrogens is 285 g/mol. The Labute approximate surface area is 122 Å². The van der Waals surface area contributed by atoms with Crippen molar-refractivity contribution in [2.24, 2.45) is 0 Å². The molecule has 1 aliphatic heterocycles. The lowest BCUT2D eigenvalue weighted by molar-refractivity contribution is 0.252. The largest absolute Gasteiger partial charge is 0.334 e. The van der Waals surface area contributed by atoms with Crippen LogP contribution in [0.5, 0.6) is 0 Å². The Morgan fingerprint density at radius 2 is 2.00 bits per heavy atom. The quantitative estimate of drug-likeness (QED) is 0.752. The van der Waals surface area contributed by atoms with Gasteiger partial charge in [-0.25, -0.2) is 4.79 Å². The van der Waals surface area contributed by atoms with Crippen molar-refractivity contribution < 1.29 is 4.79 Å². The molecule has 0 spiro atoms. The van der Waals surface area contributed by atoms with Gasteiger partial charge in [0.25, 0.3) is 0 Å². The Bertz CT molecular complexity index is 482. The van der Waals surface area contributed by atoms with E-state index in [-0.39, 0.29) is 6.03 Å². The molecule has 0 saturated heterocycles. The molecule has 1 aromatic rings. The van der Waals surface area contributed by atoms with Gasteiger partial charge in [-0.05, 0) is 31.2 Å². The molecule has 0 radical (unpaired) electrons. The van der Waals surface area contributed by atoms with E-state index in [1.807, 2.05) is 0 Å². The molecular formula is C13H15Cl2N3O. The number of amides is 2. The number of urea groups is 1. The van der Waals surface area contributed by atoms with Crippen LogP contribution in [0.15, 0.2) is 29.8 Å². The summed E-state index contributed by atoms with van der Waals surface area (Å²) in [6.07, 6.45) is 3.06. The van der Waals surface area contributed by atoms with Crippen molar-refractivity contribution >= 4 is 34.9 Å². The molecule has 3 N–H and O–H groups in total. The first kappa shape index (κ1) is 14.2. The lowest BCUT2D eigenvalue weighted by atomic mass is 10.1. The molecule has 0 aromatic heterocycles. The van der Waals surface area contributed by atoms with Crippen LogP contribution in [0.1, 0.15) is 6.42 Å². The molecule has 19 heavy (non-hydrogen) atoms. The van der Waals surface area contributed by atoms with E-state index in [4.69, 9.17) is 23.2 Å². The Balaban J connectivity index is 1.85. The first-order valence-corrected chi connectivity index (χ1v) is 6.78. The molecule has 1 aliphatic rings. The van der Waals surface area contributed by atoms with Crippen molar-refractivity contribution in [2.45, 2.75) is 6.42 Å². The van der Waals surface area contributed by atoms with E-state index in [1.165, 1.54) is 5.57 Å². The SMILES string of the molecule is O=C(NCC1=CCNCC1)Nc1cc(Cl)cc(Cl)c1. The predicted octanol–water partition coefficient (Wildman–Crippen LogP) is 3.03. The second-order valence-electron chi connectivity index (χ2n) is 4.28. The van der Waals surface area contributed by atoms with Crippen molar-refractivity contribution in [1.82, 2.24) is 10.6 Å². The highest BCUT2D eigenvalue weighted by Crippen LogP contribution is 2.22. The van der Waals surface area contributed by atoms with Crippen molar-refractivity contribution in [1.29, 1.82) is 0 Å². The molecule has 2 rings (SSSR count). The third kappa shape index (κ3) is 4.74. The molecule has 0 unspecified atom stereocenters. The topological polar surface area (TPSA) is 53.2 Å². The summed E-state index contributed by atoms with van der Waals surface area (Å²) in [7, 11) is 0. The molecule has 1 heterocycles. The summed E-state index contributed by atoms with van der Waals surface area (Å²) in [6.45, 7) is 2.38. The standard InChI is InChI=1S/C13H15Cl2N3O/c14-10-5-11(15)7-12(6-10)18-13(19)17-8-9-1-3-16-4-2-9/h1,5-7,16H,2-4,8H2,(H2,17,18,19). The molecule has 2 amide bonds. The van der Waals surface area contributed by atoms with E-state index in [0.29, 0.717) is 22.3 Å². The molecule has 0 saturated carbocycles. The maximum absolute atomic E-state index is 11.7. The van der Waals surface area contributed by atoms with Crippen molar-refractivity contribution in [3.8, 4) is 0 Å². The van der Waals surface area contributed by atoms with Gasteiger partial charge in [-0.2, -0.15) is 0 Å². The number of benzene rings is 1. The number of anilines is 1. The fraction of sp³-hybridized carbons (Fsp3) is 0.308. The molecule has 0 atom stereocenters. The normalized spacial score (nSPS) is 14.7. The summed E-state index contributed by atoms with van der Waals surface area (Å²) in [6, 6.07) is 4.65. The zero-order valence-electron chi connectivity index (χ0n) is 10.3. The zero-order chi connectivity index (χ0) is 13.7. The average molecular weight is 300 g/mol. The van der Waals surface area contributed by atoms with Gasteiger partial charge in [-0.15, -0.1) is 0 Å². The second-order valence-corrected chi connectivity index (χ2v) is 5.16. The van der Waals surface area contributed by atoms with Crippen LogP contribution < -0.4 is 16.0 Å². The van der Waals surface area contributed by atoms with Crippen LogP contribution in [0, 0.1) is 0 Å². The first-order chi connectivity index (χ1) is 9.13. The van der Waals surface area contributed by atoms with E-state index in [0.717, 1.165) is 19.5 Å². The van der Waals surface area contributed by atoms with Gasteiger partial charge in [0, 0.05) is 28.8 Å². The van der Waals surface area contributed by atoms with E-state index in [9.17, 15) is 4.79 Å². The number of carbonyl (C=O) groups is 1. The number of hydrogen-bond acceptors (Lipinski definition) is 2. The summed E-state index contributed by atoms with van der Waals surface area (Å²) in [5.41, 5.74) is 1.81. The van der Waals surface area contributed by atoms with E-state index in [2.05, 4.69) is 22.0 Å². The maximum atomic E-state index is 11.7. The van der Waals surface area contributed by atoms with Gasteiger partial charge < -0.3 is 16.0 Å². The number of hydrogen-bond donors (Lipinski definition) is 3. The fourth-order valence-corrected chi connectivity index (χ4v) is 2.35. The molecule has 4 nitrogen and oxygen atoms in total. The fourth-order valence-electron chi connectivity index (χ4n) is 1.83. The van der Waals surface area contributed by atoms with Crippen LogP contribution in [0.25, 0.3) is 0 Å². The van der Waals surface area contributed by atoms with Crippen molar-refractivity contribution in [3.05, 3.63) is 39.9 Å². The van der Waals surface area contributed by atoms with E-state index >= 15 is 0 Å². The zero-order valence-corrected chi connectivity index (χ0v) is 11.8. The third-order valence-electron chi connectivity index (χ3n) is 2.75. The number of rotatable bonds is 3. The first-order valence-electron chi connectivity index (χ1n) is 6.03. The van der Waals surface area contributed by atoms with Crippen LogP contribution in [0.2, 0.25) is 10.0 Å². The van der Waals surface area contributed by atoms with Gasteiger partial charge in [0.1, 0.15) is 0 Å². The van der Waals surface area contributed by atoms with Gasteiger partial charge in [0.15, 0.2) is 0 Å². The number of nitrogens with one attached hydrogen (secondary N) is 3. The summed E-state index contributed by atoms with van der Waals surface area (Å²) >= 11 is 11.7. The minimum atomic E-state index is -0.266. The van der Waals surface area contributed by atoms with Gasteiger partial charge in [-0.1, -0.05) is 34.9 Å². The summed E-state index contributed by atoms with van der Waals surface area (Å²) in [4.78, 5) is 11.7. The number of carbonyl (C=O) groups excluding carboxylic acids is 1. The van der Waals surface area contributed by atoms with Gasteiger partial charge in [0.05, 0.1) is 0 Å². The third-order valence-corrected chi connectivity index (χ3v) is 3.19. The summed E-state index contributed by atoms with van der Waals surface area (Å²) in [5, 5.41) is 9.71. The number of halogens is 2. The van der Waals surface area contributed by atoms with E-state index in [1.54, 1.807) is 18.2 Å².